The van der Waals surface area contributed by atoms with Crippen LogP contribution < -0.4 is 19.5 Å². The minimum Gasteiger partial charge on any atom is -0.492 e. The van der Waals surface area contributed by atoms with Crippen molar-refractivity contribution in [2.45, 2.75) is 25.7 Å². The van der Waals surface area contributed by atoms with Gasteiger partial charge in [-0.15, -0.1) is 0 Å². The number of carbonyl (C=O) groups excluding carboxylic acids is 1. The van der Waals surface area contributed by atoms with Gasteiger partial charge in [-0.25, -0.2) is 0 Å². The number of ether oxygens (including phenoxy) is 3. The lowest BCUT2D eigenvalue weighted by molar-refractivity contribution is -0.114. The summed E-state index contributed by atoms with van der Waals surface area (Å²) >= 11 is 12.0. The molecule has 2 aromatic rings. The van der Waals surface area contributed by atoms with Gasteiger partial charge in [0.05, 0.1) is 24.8 Å². The van der Waals surface area contributed by atoms with Gasteiger partial charge in [0.15, 0.2) is 17.3 Å². The fraction of sp³-hybridized carbons (Fsp3) is 0.348. The van der Waals surface area contributed by atoms with Crippen molar-refractivity contribution in [1.29, 1.82) is 0 Å². The van der Waals surface area contributed by atoms with Gasteiger partial charge in [0, 0.05) is 41.7 Å². The molecule has 2 aromatic carbocycles. The number of ketones is 1. The summed E-state index contributed by atoms with van der Waals surface area (Å²) in [5, 5.41) is 4.36. The van der Waals surface area contributed by atoms with Crippen molar-refractivity contribution in [3.63, 3.8) is 0 Å². The van der Waals surface area contributed by atoms with Crippen molar-refractivity contribution >= 4 is 34.7 Å². The number of hydrogen-bond donors (Lipinski definition) is 1. The van der Waals surface area contributed by atoms with Crippen LogP contribution in [-0.2, 0) is 11.2 Å². The van der Waals surface area contributed by atoms with Gasteiger partial charge in [0.2, 0.25) is 0 Å². The number of hydrogen-bond acceptors (Lipinski definition) is 5. The first-order chi connectivity index (χ1) is 14.6. The number of rotatable bonds is 6. The highest BCUT2D eigenvalue weighted by atomic mass is 35.5. The summed E-state index contributed by atoms with van der Waals surface area (Å²) in [5.74, 6) is 2.14. The molecule has 0 aromatic heterocycles. The lowest BCUT2D eigenvalue weighted by Gasteiger charge is -2.23. The van der Waals surface area contributed by atoms with Crippen LogP contribution in [0.5, 0.6) is 17.2 Å². The summed E-state index contributed by atoms with van der Waals surface area (Å²) in [6.45, 7) is 2.48. The van der Waals surface area contributed by atoms with Gasteiger partial charge in [-0.1, -0.05) is 23.2 Å². The predicted octanol–water partition coefficient (Wildman–Crippen LogP) is 5.07. The van der Waals surface area contributed by atoms with Crippen molar-refractivity contribution in [3.05, 3.63) is 57.6 Å². The Kier molecular flexibility index (Phi) is 6.70. The molecule has 0 saturated carbocycles. The smallest absolute Gasteiger partial charge is 0.161 e. The maximum Gasteiger partial charge on any atom is 0.161 e. The van der Waals surface area contributed by atoms with E-state index in [2.05, 4.69) is 5.32 Å². The average molecular weight is 448 g/mol. The predicted molar refractivity (Wildman–Crippen MR) is 118 cm³/mol. The van der Waals surface area contributed by atoms with Crippen molar-refractivity contribution in [2.24, 2.45) is 0 Å². The van der Waals surface area contributed by atoms with Gasteiger partial charge in [0.25, 0.3) is 0 Å². The van der Waals surface area contributed by atoms with E-state index in [9.17, 15) is 4.79 Å². The number of nitrogens with one attached hydrogen (secondary N) is 1. The Hall–Kier alpha value is -2.37. The zero-order valence-corrected chi connectivity index (χ0v) is 18.0. The average Bonchev–Trinajstić information content (AvgIpc) is 2.96. The Balaban J connectivity index is 1.38. The van der Waals surface area contributed by atoms with E-state index >= 15 is 0 Å². The second-order valence-corrected chi connectivity index (χ2v) is 8.08. The molecule has 4 rings (SSSR count). The second-order valence-electron chi connectivity index (χ2n) is 7.23. The maximum absolute atomic E-state index is 12.5. The van der Waals surface area contributed by atoms with Gasteiger partial charge in [0.1, 0.15) is 5.75 Å². The molecule has 0 spiro atoms. The second kappa shape index (κ2) is 9.63. The summed E-state index contributed by atoms with van der Waals surface area (Å²) in [7, 11) is 0. The fourth-order valence-electron chi connectivity index (χ4n) is 3.52. The third-order valence-corrected chi connectivity index (χ3v) is 5.53. The monoisotopic (exact) mass is 447 g/mol. The summed E-state index contributed by atoms with van der Waals surface area (Å²) < 4.78 is 17.2. The third-order valence-electron chi connectivity index (χ3n) is 5.00. The first-order valence-electron chi connectivity index (χ1n) is 10.1. The van der Waals surface area contributed by atoms with Gasteiger partial charge < -0.3 is 19.5 Å². The van der Waals surface area contributed by atoms with Crippen LogP contribution in [0.1, 0.15) is 30.4 Å². The molecule has 5 nitrogen and oxygen atoms in total. The molecule has 0 atom stereocenters. The number of benzene rings is 2. The molecule has 7 heteroatoms. The molecule has 30 heavy (non-hydrogen) atoms. The molecule has 0 aliphatic carbocycles. The Labute approximate surface area is 185 Å². The standard InChI is InChI=1S/C23H23Cl2NO4/c24-16-4-5-21(19(25)12-16)28-8-1-3-17(27)13-20-18-14-23-22(29-9-2-10-30-23)11-15(18)6-7-26-20/h4-5,11-14,26H,1-3,6-10H2/b20-13-. The molecular formula is C23H23Cl2NO4. The first kappa shape index (κ1) is 20.9. The van der Waals surface area contributed by atoms with Crippen LogP contribution in [0.2, 0.25) is 10.0 Å². The molecule has 158 valence electrons. The molecule has 0 amide bonds. The molecule has 2 heterocycles. The zero-order valence-electron chi connectivity index (χ0n) is 16.5. The maximum atomic E-state index is 12.5. The van der Waals surface area contributed by atoms with E-state index in [0.717, 1.165) is 47.7 Å². The number of halogens is 2. The molecule has 2 aliphatic rings. The van der Waals surface area contributed by atoms with Crippen LogP contribution in [-0.4, -0.2) is 32.1 Å². The molecule has 1 N–H and O–H groups in total. The largest absolute Gasteiger partial charge is 0.492 e. The molecule has 0 radical (unpaired) electrons. The molecule has 0 unspecified atom stereocenters. The highest BCUT2D eigenvalue weighted by molar-refractivity contribution is 6.35. The number of fused-ring (bicyclic) bond motifs is 2. The van der Waals surface area contributed by atoms with E-state index in [1.165, 1.54) is 0 Å². The van der Waals surface area contributed by atoms with Crippen molar-refractivity contribution < 1.29 is 19.0 Å². The molecule has 0 bridgehead atoms. The van der Waals surface area contributed by atoms with Crippen LogP contribution >= 0.6 is 23.2 Å². The summed E-state index contributed by atoms with van der Waals surface area (Å²) in [5.41, 5.74) is 3.00. The summed E-state index contributed by atoms with van der Waals surface area (Å²) in [6, 6.07) is 9.10. The Morgan fingerprint density at radius 2 is 1.93 bits per heavy atom. The lowest BCUT2D eigenvalue weighted by Crippen LogP contribution is -2.23. The van der Waals surface area contributed by atoms with Crippen molar-refractivity contribution in [1.82, 2.24) is 5.32 Å². The van der Waals surface area contributed by atoms with Crippen molar-refractivity contribution in [3.8, 4) is 17.2 Å². The SMILES string of the molecule is O=C(/C=C1\NCCc2cc3c(cc21)OCCCO3)CCCOc1ccc(Cl)cc1Cl. The van der Waals surface area contributed by atoms with Gasteiger partial charge >= 0.3 is 0 Å². The van der Waals surface area contributed by atoms with E-state index in [4.69, 9.17) is 37.4 Å². The zero-order chi connectivity index (χ0) is 20.9. The van der Waals surface area contributed by atoms with Crippen LogP contribution in [0.15, 0.2) is 36.4 Å². The Morgan fingerprint density at radius 1 is 1.13 bits per heavy atom. The highest BCUT2D eigenvalue weighted by Crippen LogP contribution is 2.36. The van der Waals surface area contributed by atoms with E-state index in [0.29, 0.717) is 48.5 Å². The van der Waals surface area contributed by atoms with Crippen molar-refractivity contribution in [2.75, 3.05) is 26.4 Å². The topological polar surface area (TPSA) is 56.8 Å². The van der Waals surface area contributed by atoms with Crippen LogP contribution in [0.4, 0.5) is 0 Å². The highest BCUT2D eigenvalue weighted by Gasteiger charge is 2.20. The molecule has 2 aliphatic heterocycles. The molecule has 0 fully saturated rings. The van der Waals surface area contributed by atoms with Gasteiger partial charge in [-0.2, -0.15) is 0 Å². The summed E-state index contributed by atoms with van der Waals surface area (Å²) in [4.78, 5) is 12.5. The minimum absolute atomic E-state index is 0.0447. The van der Waals surface area contributed by atoms with Gasteiger partial charge in [-0.3, -0.25) is 4.79 Å². The van der Waals surface area contributed by atoms with Crippen LogP contribution in [0.3, 0.4) is 0 Å². The van der Waals surface area contributed by atoms with E-state index < -0.39 is 0 Å². The summed E-state index contributed by atoms with van der Waals surface area (Å²) in [6.07, 6.45) is 4.40. The lowest BCUT2D eigenvalue weighted by atomic mass is 9.96. The Morgan fingerprint density at radius 3 is 2.73 bits per heavy atom. The quantitative estimate of drug-likeness (QED) is 0.494. The molecular weight excluding hydrogens is 425 g/mol. The molecule has 0 saturated heterocycles. The van der Waals surface area contributed by atoms with Crippen LogP contribution in [0.25, 0.3) is 5.70 Å². The van der Waals surface area contributed by atoms with Gasteiger partial charge in [-0.05, 0) is 48.7 Å². The van der Waals surface area contributed by atoms with E-state index in [1.54, 1.807) is 24.3 Å². The minimum atomic E-state index is 0.0447. The fourth-order valence-corrected chi connectivity index (χ4v) is 3.98. The van der Waals surface area contributed by atoms with E-state index in [1.807, 2.05) is 12.1 Å². The van der Waals surface area contributed by atoms with Crippen LogP contribution in [0, 0.1) is 0 Å². The first-order valence-corrected chi connectivity index (χ1v) is 10.8. The number of carbonyl (C=O) groups is 1. The Bertz CT molecular complexity index is 974. The number of allylic oxidation sites excluding steroid dienone is 1. The van der Waals surface area contributed by atoms with E-state index in [-0.39, 0.29) is 5.78 Å². The third kappa shape index (κ3) is 5.02. The normalized spacial score (nSPS) is 16.4.